The summed E-state index contributed by atoms with van der Waals surface area (Å²) in [4.78, 5) is 22.7. The van der Waals surface area contributed by atoms with Crippen molar-refractivity contribution < 1.29 is 14.2 Å². The molecule has 28 heavy (non-hydrogen) atoms. The minimum atomic E-state index is -3.14. The van der Waals surface area contributed by atoms with Crippen LogP contribution in [0.3, 0.4) is 0 Å². The van der Waals surface area contributed by atoms with Crippen molar-refractivity contribution in [2.75, 3.05) is 19.0 Å². The molecule has 0 radical (unpaired) electrons. The second-order valence-electron chi connectivity index (χ2n) is 6.76. The van der Waals surface area contributed by atoms with E-state index in [0.717, 1.165) is 24.0 Å². The fourth-order valence-corrected chi connectivity index (χ4v) is 4.18. The van der Waals surface area contributed by atoms with Gasteiger partial charge >= 0.3 is 6.01 Å². The number of rotatable bonds is 8. The second-order valence-corrected chi connectivity index (χ2v) is 9.89. The molecule has 150 valence electrons. The Hall–Kier alpha value is -1.96. The van der Waals surface area contributed by atoms with Gasteiger partial charge in [0.1, 0.15) is 0 Å². The van der Waals surface area contributed by atoms with Gasteiger partial charge in [0.25, 0.3) is 0 Å². The van der Waals surface area contributed by atoms with E-state index in [2.05, 4.69) is 37.8 Å². The summed E-state index contributed by atoms with van der Waals surface area (Å²) in [5.41, 5.74) is 8.88. The van der Waals surface area contributed by atoms with Gasteiger partial charge in [-0.1, -0.05) is 37.6 Å². The van der Waals surface area contributed by atoms with Crippen LogP contribution in [-0.4, -0.2) is 37.7 Å². The molecular weight excluding hydrogens is 445 g/mol. The molecule has 0 aliphatic carbocycles. The van der Waals surface area contributed by atoms with E-state index in [0.29, 0.717) is 29.0 Å². The lowest BCUT2D eigenvalue weighted by Crippen LogP contribution is -2.06. The second kappa shape index (κ2) is 8.59. The largest absolute Gasteiger partial charge is 0.463 e. The highest BCUT2D eigenvalue weighted by molar-refractivity contribution is 9.10. The molecule has 2 aromatic heterocycles. The number of nitrogens with two attached hydrogens (primary N) is 1. The van der Waals surface area contributed by atoms with Gasteiger partial charge < -0.3 is 15.4 Å². The first kappa shape index (κ1) is 20.8. The van der Waals surface area contributed by atoms with E-state index < -0.39 is 7.37 Å². The molecule has 0 aliphatic rings. The van der Waals surface area contributed by atoms with Gasteiger partial charge in [0.15, 0.2) is 21.7 Å². The van der Waals surface area contributed by atoms with Crippen LogP contribution in [0, 0.1) is 0 Å². The molecule has 0 fully saturated rings. The van der Waals surface area contributed by atoms with Crippen LogP contribution in [-0.2, 0) is 17.3 Å². The molecule has 0 bridgehead atoms. The van der Waals surface area contributed by atoms with Crippen LogP contribution >= 0.6 is 23.3 Å². The number of ether oxygens (including phenoxy) is 1. The lowest BCUT2D eigenvalue weighted by atomic mass is 10.1. The zero-order valence-electron chi connectivity index (χ0n) is 15.8. The lowest BCUT2D eigenvalue weighted by Gasteiger charge is -2.10. The molecule has 0 saturated carbocycles. The number of nitrogens with zero attached hydrogens (tertiary/aromatic N) is 4. The number of halogens is 1. The van der Waals surface area contributed by atoms with Crippen molar-refractivity contribution in [3.05, 3.63) is 40.1 Å². The van der Waals surface area contributed by atoms with Crippen LogP contribution in [0.4, 0.5) is 5.82 Å². The number of aromatic nitrogens is 4. The highest BCUT2D eigenvalue weighted by Gasteiger charge is 2.17. The van der Waals surface area contributed by atoms with Crippen molar-refractivity contribution in [3.8, 4) is 6.01 Å². The minimum absolute atomic E-state index is 0.136. The summed E-state index contributed by atoms with van der Waals surface area (Å²) >= 11 is 3.46. The van der Waals surface area contributed by atoms with Gasteiger partial charge in [0, 0.05) is 12.8 Å². The van der Waals surface area contributed by atoms with Gasteiger partial charge in [-0.15, -0.1) is 0 Å². The molecular formula is C18H23BrN5O3P. The molecule has 1 aromatic carbocycles. The van der Waals surface area contributed by atoms with Crippen molar-refractivity contribution in [1.82, 2.24) is 19.5 Å². The first-order valence-electron chi connectivity index (χ1n) is 8.96. The number of hydrogen-bond acceptors (Lipinski definition) is 6. The summed E-state index contributed by atoms with van der Waals surface area (Å²) in [7, 11) is -3.14. The zero-order chi connectivity index (χ0) is 20.3. The van der Waals surface area contributed by atoms with E-state index in [1.807, 2.05) is 28.8 Å². The van der Waals surface area contributed by atoms with Crippen LogP contribution < -0.4 is 10.5 Å². The van der Waals surface area contributed by atoms with Gasteiger partial charge in [-0.25, -0.2) is 4.98 Å². The summed E-state index contributed by atoms with van der Waals surface area (Å²) < 4.78 is 19.8. The van der Waals surface area contributed by atoms with Gasteiger partial charge in [-0.3, -0.25) is 9.13 Å². The molecule has 8 nitrogen and oxygen atoms in total. The average Bonchev–Trinajstić information content (AvgIpc) is 2.91. The Morgan fingerprint density at radius 1 is 1.29 bits per heavy atom. The van der Waals surface area contributed by atoms with Crippen molar-refractivity contribution >= 4 is 40.3 Å². The van der Waals surface area contributed by atoms with E-state index in [1.165, 1.54) is 6.66 Å². The normalized spacial score (nSPS) is 13.6. The smallest absolute Gasteiger partial charge is 0.320 e. The fourth-order valence-electron chi connectivity index (χ4n) is 2.83. The molecule has 3 aromatic rings. The van der Waals surface area contributed by atoms with Crippen LogP contribution in [0.2, 0.25) is 0 Å². The Morgan fingerprint density at radius 2 is 2.04 bits per heavy atom. The summed E-state index contributed by atoms with van der Waals surface area (Å²) in [6.07, 6.45) is 2.05. The zero-order valence-corrected chi connectivity index (χ0v) is 18.3. The number of anilines is 1. The summed E-state index contributed by atoms with van der Waals surface area (Å²) in [6.45, 7) is 4.43. The van der Waals surface area contributed by atoms with E-state index in [1.54, 1.807) is 0 Å². The highest BCUT2D eigenvalue weighted by Crippen LogP contribution is 2.39. The number of imidazole rings is 1. The van der Waals surface area contributed by atoms with Crippen LogP contribution in [0.1, 0.15) is 30.9 Å². The number of nitrogen functional groups attached to an aromatic ring is 1. The first-order chi connectivity index (χ1) is 13.3. The first-order valence-corrected chi connectivity index (χ1v) is 12.0. The predicted octanol–water partition coefficient (Wildman–Crippen LogP) is 3.80. The third-order valence-electron chi connectivity index (χ3n) is 4.09. The summed E-state index contributed by atoms with van der Waals surface area (Å²) in [6, 6.07) is 7.80. The Morgan fingerprint density at radius 3 is 2.75 bits per heavy atom. The molecule has 0 aliphatic heterocycles. The number of benzene rings is 1. The number of unbranched alkanes of at least 4 members (excludes halogenated alkanes) is 1. The predicted molar refractivity (Wildman–Crippen MR) is 113 cm³/mol. The average molecular weight is 468 g/mol. The molecule has 2 heterocycles. The fraction of sp³-hybridized carbons (Fsp3) is 0.389. The summed E-state index contributed by atoms with van der Waals surface area (Å²) in [5, 5.41) is 0. The third-order valence-corrected chi connectivity index (χ3v) is 5.65. The maximum atomic E-state index is 11.7. The van der Waals surface area contributed by atoms with Crippen molar-refractivity contribution in [1.29, 1.82) is 0 Å². The van der Waals surface area contributed by atoms with Gasteiger partial charge in [-0.2, -0.15) is 9.97 Å². The number of hydrogen-bond donors (Lipinski definition) is 2. The SMILES string of the molecule is CCCCOc1nc(N)c2nc(Br)n(Cc3cccc(CP(C)(=O)O)c3)c2n1. The van der Waals surface area contributed by atoms with E-state index in [-0.39, 0.29) is 18.0 Å². The van der Waals surface area contributed by atoms with Crippen LogP contribution in [0.25, 0.3) is 11.2 Å². The number of fused-ring (bicyclic) bond motifs is 1. The molecule has 0 saturated heterocycles. The Kier molecular flexibility index (Phi) is 6.37. The van der Waals surface area contributed by atoms with Crippen molar-refractivity contribution in [3.63, 3.8) is 0 Å². The minimum Gasteiger partial charge on any atom is -0.463 e. The Labute approximate surface area is 171 Å². The van der Waals surface area contributed by atoms with Gasteiger partial charge in [0.2, 0.25) is 7.37 Å². The van der Waals surface area contributed by atoms with Crippen molar-refractivity contribution in [2.45, 2.75) is 32.5 Å². The van der Waals surface area contributed by atoms with Gasteiger partial charge in [-0.05, 0) is 33.5 Å². The van der Waals surface area contributed by atoms with Crippen molar-refractivity contribution in [2.24, 2.45) is 0 Å². The highest BCUT2D eigenvalue weighted by atomic mass is 79.9. The maximum absolute atomic E-state index is 11.7. The van der Waals surface area contributed by atoms with Crippen LogP contribution in [0.5, 0.6) is 6.01 Å². The van der Waals surface area contributed by atoms with E-state index in [9.17, 15) is 9.46 Å². The topological polar surface area (TPSA) is 116 Å². The van der Waals surface area contributed by atoms with E-state index in [4.69, 9.17) is 10.5 Å². The lowest BCUT2D eigenvalue weighted by molar-refractivity contribution is 0.286. The molecule has 3 N–H and O–H groups in total. The molecule has 3 rings (SSSR count). The van der Waals surface area contributed by atoms with E-state index >= 15 is 0 Å². The third kappa shape index (κ3) is 5.10. The van der Waals surface area contributed by atoms with Crippen LogP contribution in [0.15, 0.2) is 29.0 Å². The maximum Gasteiger partial charge on any atom is 0.320 e. The molecule has 0 amide bonds. The molecule has 1 atom stereocenters. The standard InChI is InChI=1S/C18H23BrN5O3P/c1-3-4-8-27-18-22-15(20)14-16(23-18)24(17(19)21-14)10-12-6-5-7-13(9-12)11-28(2,25)26/h5-7,9H,3-4,8,10-11H2,1-2H3,(H,25,26)(H2,20,22,23). The Bertz CT molecular complexity index is 1030. The molecule has 10 heteroatoms. The Balaban J connectivity index is 1.93. The van der Waals surface area contributed by atoms with Gasteiger partial charge in [0.05, 0.1) is 13.2 Å². The molecule has 0 spiro atoms. The monoisotopic (exact) mass is 467 g/mol. The summed E-state index contributed by atoms with van der Waals surface area (Å²) in [5.74, 6) is 0.261. The quantitative estimate of drug-likeness (QED) is 0.294. The molecule has 1 unspecified atom stereocenters.